The molecular weight excluding hydrogens is 222 g/mol. The zero-order valence-corrected chi connectivity index (χ0v) is 10.5. The molecule has 0 aliphatic heterocycles. The fourth-order valence-corrected chi connectivity index (χ4v) is 2.12. The van der Waals surface area contributed by atoms with E-state index in [0.717, 1.165) is 16.9 Å². The summed E-state index contributed by atoms with van der Waals surface area (Å²) in [6.07, 6.45) is 0. The normalized spacial score (nSPS) is 13.6. The number of fused-ring (bicyclic) bond motifs is 1. The minimum Gasteiger partial charge on any atom is -0.324 e. The van der Waals surface area contributed by atoms with Gasteiger partial charge in [-0.15, -0.1) is 0 Å². The smallest absolute Gasteiger partial charge is 0.126 e. The molecule has 0 fully saturated rings. The molecule has 0 spiro atoms. The van der Waals surface area contributed by atoms with E-state index in [2.05, 4.69) is 23.4 Å². The van der Waals surface area contributed by atoms with Gasteiger partial charge in [-0.25, -0.2) is 4.98 Å². The first kappa shape index (κ1) is 11.4. The Labute approximate surface area is 100 Å². The van der Waals surface area contributed by atoms with Gasteiger partial charge < -0.3 is 10.3 Å². The molecule has 0 aliphatic rings. The van der Waals surface area contributed by atoms with E-state index in [1.165, 1.54) is 0 Å². The van der Waals surface area contributed by atoms with Crippen LogP contribution in [-0.2, 0) is 0 Å². The van der Waals surface area contributed by atoms with Gasteiger partial charge >= 0.3 is 0 Å². The van der Waals surface area contributed by atoms with Crippen molar-refractivity contribution >= 4 is 22.6 Å². The predicted octanol–water partition coefficient (Wildman–Crippen LogP) is 3.29. The molecule has 0 bridgehead atoms. The Morgan fingerprint density at radius 2 is 2.00 bits per heavy atom. The molecule has 2 aromatic rings. The average Bonchev–Trinajstić information content (AvgIpc) is 2.55. The second-order valence-corrected chi connectivity index (χ2v) is 4.79. The molecule has 1 aromatic carbocycles. The quantitative estimate of drug-likeness (QED) is 0.871. The lowest BCUT2D eigenvalue weighted by Gasteiger charge is -2.14. The third-order valence-electron chi connectivity index (χ3n) is 2.60. The molecule has 0 amide bonds. The first-order chi connectivity index (χ1) is 7.50. The van der Waals surface area contributed by atoms with Crippen LogP contribution in [0, 0.1) is 0 Å². The minimum atomic E-state index is -0.0754. The maximum atomic E-state index is 5.96. The number of hydrogen-bond donors (Lipinski definition) is 1. The summed E-state index contributed by atoms with van der Waals surface area (Å²) in [5.41, 5.74) is 7.94. The number of rotatable bonds is 2. The van der Waals surface area contributed by atoms with Crippen molar-refractivity contribution in [2.45, 2.75) is 32.9 Å². The molecule has 2 rings (SSSR count). The molecular formula is C12H16ClN3. The van der Waals surface area contributed by atoms with Crippen molar-refractivity contribution < 1.29 is 0 Å². The number of aromatic nitrogens is 2. The van der Waals surface area contributed by atoms with Crippen LogP contribution in [0.25, 0.3) is 11.0 Å². The fraction of sp³-hybridized carbons (Fsp3) is 0.417. The summed E-state index contributed by atoms with van der Waals surface area (Å²) >= 11 is 5.96. The largest absolute Gasteiger partial charge is 0.324 e. The van der Waals surface area contributed by atoms with E-state index < -0.39 is 0 Å². The van der Waals surface area contributed by atoms with Gasteiger partial charge in [0.1, 0.15) is 5.82 Å². The maximum absolute atomic E-state index is 5.96. The van der Waals surface area contributed by atoms with Crippen LogP contribution in [0.4, 0.5) is 0 Å². The van der Waals surface area contributed by atoms with E-state index in [1.807, 2.05) is 25.1 Å². The van der Waals surface area contributed by atoms with Gasteiger partial charge in [-0.05, 0) is 39.0 Å². The number of halogens is 1. The van der Waals surface area contributed by atoms with Crippen molar-refractivity contribution in [3.8, 4) is 0 Å². The SMILES string of the molecule is CC(C)n1c([C@H](C)N)nc2cc(Cl)ccc21. The van der Waals surface area contributed by atoms with E-state index in [1.54, 1.807) is 0 Å². The van der Waals surface area contributed by atoms with Crippen molar-refractivity contribution in [3.63, 3.8) is 0 Å². The highest BCUT2D eigenvalue weighted by molar-refractivity contribution is 6.31. The molecule has 1 heterocycles. The summed E-state index contributed by atoms with van der Waals surface area (Å²) in [6, 6.07) is 6.02. The Morgan fingerprint density at radius 3 is 2.56 bits per heavy atom. The highest BCUT2D eigenvalue weighted by Gasteiger charge is 2.15. The number of hydrogen-bond acceptors (Lipinski definition) is 2. The Morgan fingerprint density at radius 1 is 1.31 bits per heavy atom. The van der Waals surface area contributed by atoms with E-state index >= 15 is 0 Å². The zero-order valence-electron chi connectivity index (χ0n) is 9.74. The van der Waals surface area contributed by atoms with Crippen LogP contribution < -0.4 is 5.73 Å². The molecule has 0 aliphatic carbocycles. The van der Waals surface area contributed by atoms with E-state index in [-0.39, 0.29) is 6.04 Å². The van der Waals surface area contributed by atoms with Crippen molar-refractivity contribution in [1.29, 1.82) is 0 Å². The first-order valence-electron chi connectivity index (χ1n) is 5.43. The number of nitrogens with two attached hydrogens (primary N) is 1. The Balaban J connectivity index is 2.75. The standard InChI is InChI=1S/C12H16ClN3/c1-7(2)16-11-5-4-9(13)6-10(11)15-12(16)8(3)14/h4-8H,14H2,1-3H3/t8-/m0/s1. The van der Waals surface area contributed by atoms with Crippen LogP contribution in [-0.4, -0.2) is 9.55 Å². The summed E-state index contributed by atoms with van der Waals surface area (Å²) < 4.78 is 2.16. The molecule has 4 heteroatoms. The summed E-state index contributed by atoms with van der Waals surface area (Å²) in [5.74, 6) is 0.910. The number of imidazole rings is 1. The second kappa shape index (κ2) is 4.07. The second-order valence-electron chi connectivity index (χ2n) is 4.36. The molecule has 86 valence electrons. The van der Waals surface area contributed by atoms with Crippen molar-refractivity contribution in [2.24, 2.45) is 5.73 Å². The van der Waals surface area contributed by atoms with Crippen LogP contribution >= 0.6 is 11.6 Å². The lowest BCUT2D eigenvalue weighted by molar-refractivity contribution is 0.558. The van der Waals surface area contributed by atoms with Crippen molar-refractivity contribution in [3.05, 3.63) is 29.0 Å². The molecule has 0 saturated carbocycles. The molecule has 0 unspecified atom stereocenters. The molecule has 2 N–H and O–H groups in total. The third-order valence-corrected chi connectivity index (χ3v) is 2.84. The van der Waals surface area contributed by atoms with Crippen molar-refractivity contribution in [2.75, 3.05) is 0 Å². The first-order valence-corrected chi connectivity index (χ1v) is 5.81. The van der Waals surface area contributed by atoms with Gasteiger partial charge in [0.05, 0.1) is 17.1 Å². The zero-order chi connectivity index (χ0) is 11.9. The van der Waals surface area contributed by atoms with Gasteiger partial charge in [-0.2, -0.15) is 0 Å². The lowest BCUT2D eigenvalue weighted by atomic mass is 10.2. The van der Waals surface area contributed by atoms with E-state index in [4.69, 9.17) is 17.3 Å². The Hall–Kier alpha value is -1.06. The number of nitrogens with zero attached hydrogens (tertiary/aromatic N) is 2. The van der Waals surface area contributed by atoms with E-state index in [0.29, 0.717) is 11.1 Å². The van der Waals surface area contributed by atoms with Crippen LogP contribution in [0.3, 0.4) is 0 Å². The molecule has 0 radical (unpaired) electrons. The molecule has 16 heavy (non-hydrogen) atoms. The summed E-state index contributed by atoms with van der Waals surface area (Å²) in [4.78, 5) is 4.55. The minimum absolute atomic E-state index is 0.0754. The summed E-state index contributed by atoms with van der Waals surface area (Å²) in [6.45, 7) is 6.20. The molecule has 3 nitrogen and oxygen atoms in total. The van der Waals surface area contributed by atoms with Gasteiger partial charge in [-0.1, -0.05) is 11.6 Å². The van der Waals surface area contributed by atoms with Crippen LogP contribution in [0.1, 0.15) is 38.7 Å². The molecule has 1 atom stereocenters. The Bertz CT molecular complexity index is 514. The number of benzene rings is 1. The maximum Gasteiger partial charge on any atom is 0.126 e. The van der Waals surface area contributed by atoms with Gasteiger partial charge in [0.2, 0.25) is 0 Å². The summed E-state index contributed by atoms with van der Waals surface area (Å²) in [7, 11) is 0. The Kier molecular flexibility index (Phi) is 2.91. The topological polar surface area (TPSA) is 43.8 Å². The van der Waals surface area contributed by atoms with Crippen molar-refractivity contribution in [1.82, 2.24) is 9.55 Å². The molecule has 0 saturated heterocycles. The van der Waals surface area contributed by atoms with Gasteiger partial charge in [0, 0.05) is 11.1 Å². The van der Waals surface area contributed by atoms with Gasteiger partial charge in [0.15, 0.2) is 0 Å². The fourth-order valence-electron chi connectivity index (χ4n) is 1.95. The van der Waals surface area contributed by atoms with Crippen LogP contribution in [0.5, 0.6) is 0 Å². The predicted molar refractivity (Wildman–Crippen MR) is 67.7 cm³/mol. The summed E-state index contributed by atoms with van der Waals surface area (Å²) in [5, 5.41) is 0.706. The van der Waals surface area contributed by atoms with Crippen LogP contribution in [0.2, 0.25) is 5.02 Å². The highest BCUT2D eigenvalue weighted by atomic mass is 35.5. The molecule has 1 aromatic heterocycles. The van der Waals surface area contributed by atoms with Gasteiger partial charge in [-0.3, -0.25) is 0 Å². The van der Waals surface area contributed by atoms with Crippen LogP contribution in [0.15, 0.2) is 18.2 Å². The van der Waals surface area contributed by atoms with E-state index in [9.17, 15) is 0 Å². The average molecular weight is 238 g/mol. The third kappa shape index (κ3) is 1.81. The highest BCUT2D eigenvalue weighted by Crippen LogP contribution is 2.26. The lowest BCUT2D eigenvalue weighted by Crippen LogP contribution is -2.14. The monoisotopic (exact) mass is 237 g/mol. The van der Waals surface area contributed by atoms with Gasteiger partial charge in [0.25, 0.3) is 0 Å².